The first-order valence-electron chi connectivity index (χ1n) is 8.65. The van der Waals surface area contributed by atoms with Crippen molar-refractivity contribution in [1.82, 2.24) is 5.32 Å². The van der Waals surface area contributed by atoms with Gasteiger partial charge in [0.1, 0.15) is 12.3 Å². The topological polar surface area (TPSA) is 58.6 Å². The van der Waals surface area contributed by atoms with Crippen LogP contribution in [-0.2, 0) is 21.5 Å². The van der Waals surface area contributed by atoms with Gasteiger partial charge in [-0.3, -0.25) is 9.59 Å². The van der Waals surface area contributed by atoms with Gasteiger partial charge in [0.15, 0.2) is 0 Å². The number of nitrogens with zero attached hydrogens (tertiary/aromatic N) is 1. The van der Waals surface area contributed by atoms with Crippen LogP contribution >= 0.6 is 0 Å². The van der Waals surface area contributed by atoms with E-state index < -0.39 is 5.41 Å². The van der Waals surface area contributed by atoms with Crippen molar-refractivity contribution in [3.63, 3.8) is 0 Å². The van der Waals surface area contributed by atoms with Crippen LogP contribution in [0.4, 0.5) is 5.69 Å². The molecular formula is C21H24N2O3. The van der Waals surface area contributed by atoms with Crippen LogP contribution in [0, 0.1) is 6.92 Å². The van der Waals surface area contributed by atoms with Gasteiger partial charge in [-0.05, 0) is 50.1 Å². The first kappa shape index (κ1) is 18.0. The minimum Gasteiger partial charge on any atom is -0.497 e. The highest BCUT2D eigenvalue weighted by atomic mass is 16.5. The fraction of sp³-hybridized carbons (Fsp3) is 0.333. The molecule has 5 heteroatoms. The number of hydrogen-bond donors (Lipinski definition) is 1. The second kappa shape index (κ2) is 6.83. The molecule has 0 bridgehead atoms. The largest absolute Gasteiger partial charge is 0.497 e. The van der Waals surface area contributed by atoms with Crippen LogP contribution in [0.2, 0.25) is 0 Å². The van der Waals surface area contributed by atoms with Gasteiger partial charge in [-0.25, -0.2) is 0 Å². The molecule has 0 atom stereocenters. The maximum Gasteiger partial charge on any atom is 0.240 e. The van der Waals surface area contributed by atoms with Crippen molar-refractivity contribution in [3.8, 4) is 5.75 Å². The summed E-state index contributed by atoms with van der Waals surface area (Å²) < 4.78 is 5.19. The van der Waals surface area contributed by atoms with Crippen molar-refractivity contribution in [1.29, 1.82) is 0 Å². The number of benzene rings is 2. The van der Waals surface area contributed by atoms with E-state index in [-0.39, 0.29) is 18.4 Å². The first-order chi connectivity index (χ1) is 12.3. The summed E-state index contributed by atoms with van der Waals surface area (Å²) in [6.45, 7) is 6.22. The summed E-state index contributed by atoms with van der Waals surface area (Å²) in [6, 6.07) is 13.5. The van der Waals surface area contributed by atoms with Crippen molar-refractivity contribution in [2.24, 2.45) is 0 Å². The Bertz CT molecular complexity index is 858. The van der Waals surface area contributed by atoms with E-state index in [1.807, 2.05) is 63.2 Å². The molecule has 2 amide bonds. The maximum absolute atomic E-state index is 12.8. The quantitative estimate of drug-likeness (QED) is 0.900. The number of nitrogens with one attached hydrogen (secondary N) is 1. The molecule has 0 saturated heterocycles. The molecule has 3 rings (SSSR count). The normalized spacial score (nSPS) is 14.9. The van der Waals surface area contributed by atoms with Crippen LogP contribution in [0.25, 0.3) is 0 Å². The lowest BCUT2D eigenvalue weighted by Gasteiger charge is -2.20. The maximum atomic E-state index is 12.8. The molecule has 26 heavy (non-hydrogen) atoms. The van der Waals surface area contributed by atoms with Gasteiger partial charge in [0.05, 0.1) is 12.5 Å². The molecule has 0 aliphatic carbocycles. The van der Waals surface area contributed by atoms with E-state index in [9.17, 15) is 9.59 Å². The number of hydrogen-bond acceptors (Lipinski definition) is 3. The lowest BCUT2D eigenvalue weighted by molar-refractivity contribution is -0.125. The van der Waals surface area contributed by atoms with Gasteiger partial charge >= 0.3 is 0 Å². The van der Waals surface area contributed by atoms with Crippen molar-refractivity contribution in [2.45, 2.75) is 32.7 Å². The van der Waals surface area contributed by atoms with E-state index in [1.165, 1.54) is 0 Å². The number of ether oxygens (including phenoxy) is 1. The smallest absolute Gasteiger partial charge is 0.240 e. The number of aryl methyl sites for hydroxylation is 1. The Morgan fingerprint density at radius 2 is 1.96 bits per heavy atom. The zero-order chi connectivity index (χ0) is 18.9. The van der Waals surface area contributed by atoms with Crippen LogP contribution in [-0.4, -0.2) is 25.5 Å². The minimum absolute atomic E-state index is 0.0162. The van der Waals surface area contributed by atoms with Crippen LogP contribution in [0.1, 0.15) is 30.5 Å². The monoisotopic (exact) mass is 352 g/mol. The summed E-state index contributed by atoms with van der Waals surface area (Å²) in [5.41, 5.74) is 3.23. The van der Waals surface area contributed by atoms with Crippen LogP contribution in [0.5, 0.6) is 5.75 Å². The third kappa shape index (κ3) is 3.29. The van der Waals surface area contributed by atoms with Crippen molar-refractivity contribution in [2.75, 3.05) is 18.6 Å². The predicted molar refractivity (Wildman–Crippen MR) is 101 cm³/mol. The highest BCUT2D eigenvalue weighted by Crippen LogP contribution is 2.41. The molecule has 0 aromatic heterocycles. The SMILES string of the molecule is COc1cccc(CNC(=O)CN2C(=O)C(C)(C)c3cc(C)ccc32)c1. The Morgan fingerprint density at radius 3 is 2.69 bits per heavy atom. The molecule has 1 aliphatic rings. The molecule has 1 aliphatic heterocycles. The Kier molecular flexibility index (Phi) is 4.72. The van der Waals surface area contributed by atoms with Gasteiger partial charge in [-0.15, -0.1) is 0 Å². The predicted octanol–water partition coefficient (Wildman–Crippen LogP) is 2.94. The third-order valence-corrected chi connectivity index (χ3v) is 4.82. The number of carbonyl (C=O) groups is 2. The lowest BCUT2D eigenvalue weighted by atomic mass is 9.85. The average molecular weight is 352 g/mol. The van der Waals surface area contributed by atoms with Crippen molar-refractivity contribution >= 4 is 17.5 Å². The molecule has 136 valence electrons. The molecule has 0 fully saturated rings. The third-order valence-electron chi connectivity index (χ3n) is 4.82. The van der Waals surface area contributed by atoms with E-state index in [4.69, 9.17) is 4.74 Å². The van der Waals surface area contributed by atoms with E-state index >= 15 is 0 Å². The highest BCUT2D eigenvalue weighted by molar-refractivity contribution is 6.10. The molecule has 0 radical (unpaired) electrons. The summed E-state index contributed by atoms with van der Waals surface area (Å²) in [7, 11) is 1.61. The van der Waals surface area contributed by atoms with Gasteiger partial charge in [0.25, 0.3) is 0 Å². The van der Waals surface area contributed by atoms with Gasteiger partial charge < -0.3 is 15.0 Å². The van der Waals surface area contributed by atoms with E-state index in [2.05, 4.69) is 5.32 Å². The molecule has 5 nitrogen and oxygen atoms in total. The Labute approximate surface area is 154 Å². The highest BCUT2D eigenvalue weighted by Gasteiger charge is 2.44. The molecule has 1 N–H and O–H groups in total. The summed E-state index contributed by atoms with van der Waals surface area (Å²) in [4.78, 5) is 26.8. The number of fused-ring (bicyclic) bond motifs is 1. The molecule has 2 aromatic rings. The van der Waals surface area contributed by atoms with Gasteiger partial charge in [0, 0.05) is 12.2 Å². The summed E-state index contributed by atoms with van der Waals surface area (Å²) in [5, 5.41) is 2.88. The standard InChI is InChI=1S/C21H24N2O3/c1-14-8-9-18-17(10-14)21(2,3)20(25)23(18)13-19(24)22-12-15-6-5-7-16(11-15)26-4/h5-11H,12-13H2,1-4H3,(H,22,24). The van der Waals surface area contributed by atoms with Crippen molar-refractivity contribution in [3.05, 3.63) is 59.2 Å². The zero-order valence-corrected chi connectivity index (χ0v) is 15.6. The fourth-order valence-electron chi connectivity index (χ4n) is 3.29. The number of anilines is 1. The second-order valence-electron chi connectivity index (χ2n) is 7.17. The summed E-state index contributed by atoms with van der Waals surface area (Å²) >= 11 is 0. The van der Waals surface area contributed by atoms with Gasteiger partial charge in [0.2, 0.25) is 11.8 Å². The van der Waals surface area contributed by atoms with Crippen LogP contribution in [0.3, 0.4) is 0 Å². The van der Waals surface area contributed by atoms with E-state index in [0.717, 1.165) is 28.1 Å². The molecule has 0 spiro atoms. The number of methoxy groups -OCH3 is 1. The fourth-order valence-corrected chi connectivity index (χ4v) is 3.29. The van der Waals surface area contributed by atoms with Gasteiger partial charge in [-0.1, -0.05) is 29.8 Å². The van der Waals surface area contributed by atoms with E-state index in [1.54, 1.807) is 12.0 Å². The van der Waals surface area contributed by atoms with Gasteiger partial charge in [-0.2, -0.15) is 0 Å². The number of carbonyl (C=O) groups excluding carboxylic acids is 2. The Hall–Kier alpha value is -2.82. The Balaban J connectivity index is 1.71. The zero-order valence-electron chi connectivity index (χ0n) is 15.6. The number of rotatable bonds is 5. The average Bonchev–Trinajstić information content (AvgIpc) is 2.81. The molecule has 0 unspecified atom stereocenters. The molecule has 2 aromatic carbocycles. The van der Waals surface area contributed by atoms with Crippen molar-refractivity contribution < 1.29 is 14.3 Å². The summed E-state index contributed by atoms with van der Waals surface area (Å²) in [5.74, 6) is 0.512. The van der Waals surface area contributed by atoms with Crippen LogP contribution in [0.15, 0.2) is 42.5 Å². The molecule has 0 saturated carbocycles. The Morgan fingerprint density at radius 1 is 1.19 bits per heavy atom. The van der Waals surface area contributed by atoms with Crippen LogP contribution < -0.4 is 15.0 Å². The lowest BCUT2D eigenvalue weighted by Crippen LogP contribution is -2.42. The summed E-state index contributed by atoms with van der Waals surface area (Å²) in [6.07, 6.45) is 0. The molecular weight excluding hydrogens is 328 g/mol. The van der Waals surface area contributed by atoms with E-state index in [0.29, 0.717) is 6.54 Å². The molecule has 1 heterocycles. The minimum atomic E-state index is -0.617. The second-order valence-corrected chi connectivity index (χ2v) is 7.17. The first-order valence-corrected chi connectivity index (χ1v) is 8.65. The number of amides is 2.